The number of rotatable bonds is 9. The lowest BCUT2D eigenvalue weighted by atomic mass is 10.0. The van der Waals surface area contributed by atoms with Gasteiger partial charge >= 0.3 is 5.97 Å². The van der Waals surface area contributed by atoms with E-state index in [2.05, 4.69) is 24.3 Å². The van der Waals surface area contributed by atoms with E-state index >= 15 is 0 Å². The lowest BCUT2D eigenvalue weighted by molar-refractivity contribution is -0.149. The van der Waals surface area contributed by atoms with Crippen molar-refractivity contribution in [2.75, 3.05) is 13.2 Å². The summed E-state index contributed by atoms with van der Waals surface area (Å²) in [5, 5.41) is 0. The molecule has 3 nitrogen and oxygen atoms in total. The molecule has 110 valence electrons. The minimum Gasteiger partial charge on any atom is -0.464 e. The fraction of sp³-hybridized carbons (Fsp3) is 0.588. The van der Waals surface area contributed by atoms with Crippen molar-refractivity contribution in [2.24, 2.45) is 0 Å². The van der Waals surface area contributed by atoms with Gasteiger partial charge < -0.3 is 9.47 Å². The van der Waals surface area contributed by atoms with Crippen LogP contribution in [0, 0.1) is 0 Å². The van der Waals surface area contributed by atoms with E-state index in [9.17, 15) is 4.79 Å². The second kappa shape index (κ2) is 7.44. The summed E-state index contributed by atoms with van der Waals surface area (Å²) in [6.07, 6.45) is 6.54. The number of ether oxygens (including phenoxy) is 2. The Kier molecular flexibility index (Phi) is 5.60. The molecule has 1 aromatic rings. The smallest absolute Gasteiger partial charge is 0.340 e. The van der Waals surface area contributed by atoms with Gasteiger partial charge in [-0.15, -0.1) is 0 Å². The van der Waals surface area contributed by atoms with E-state index in [-0.39, 0.29) is 5.97 Å². The molecule has 1 aliphatic heterocycles. The fourth-order valence-corrected chi connectivity index (χ4v) is 2.45. The molecule has 0 bridgehead atoms. The number of epoxide rings is 1. The molecule has 0 saturated carbocycles. The lowest BCUT2D eigenvalue weighted by Crippen LogP contribution is -2.27. The minimum atomic E-state index is -0.588. The number of hydrogen-bond acceptors (Lipinski definition) is 3. The third-order valence-electron chi connectivity index (χ3n) is 3.78. The Labute approximate surface area is 121 Å². The van der Waals surface area contributed by atoms with Gasteiger partial charge in [0.1, 0.15) is 0 Å². The maximum Gasteiger partial charge on any atom is 0.340 e. The number of esters is 1. The average molecular weight is 276 g/mol. The van der Waals surface area contributed by atoms with Gasteiger partial charge in [-0.3, -0.25) is 0 Å². The van der Waals surface area contributed by atoms with E-state index in [4.69, 9.17) is 9.47 Å². The first-order chi connectivity index (χ1) is 9.77. The molecule has 1 atom stereocenters. The maximum atomic E-state index is 11.7. The number of unbranched alkanes of at least 4 members (excludes halogenated alkanes) is 3. The van der Waals surface area contributed by atoms with Crippen LogP contribution in [0.1, 0.15) is 44.6 Å². The summed E-state index contributed by atoms with van der Waals surface area (Å²) in [5.41, 5.74) is 0.816. The molecule has 1 fully saturated rings. The van der Waals surface area contributed by atoms with Crippen molar-refractivity contribution in [2.45, 2.75) is 51.0 Å². The van der Waals surface area contributed by atoms with E-state index in [1.807, 2.05) is 13.0 Å². The van der Waals surface area contributed by atoms with E-state index in [1.165, 1.54) is 18.4 Å². The number of carbonyl (C=O) groups is 1. The number of aryl methyl sites for hydroxylation is 1. The summed E-state index contributed by atoms with van der Waals surface area (Å²) in [6.45, 7) is 2.80. The van der Waals surface area contributed by atoms with Crippen LogP contribution in [0.5, 0.6) is 0 Å². The van der Waals surface area contributed by atoms with Crippen molar-refractivity contribution in [3.63, 3.8) is 0 Å². The predicted octanol–water partition coefficient (Wildman–Crippen LogP) is 3.51. The van der Waals surface area contributed by atoms with Crippen LogP contribution in [-0.2, 0) is 20.7 Å². The van der Waals surface area contributed by atoms with Crippen LogP contribution in [0.3, 0.4) is 0 Å². The molecule has 3 heteroatoms. The first-order valence-corrected chi connectivity index (χ1v) is 7.62. The van der Waals surface area contributed by atoms with Crippen LogP contribution in [-0.4, -0.2) is 24.8 Å². The fourth-order valence-electron chi connectivity index (χ4n) is 2.45. The largest absolute Gasteiger partial charge is 0.464 e. The average Bonchev–Trinajstić information content (AvgIpc) is 3.25. The molecule has 0 aromatic heterocycles. The second-order valence-electron chi connectivity index (χ2n) is 5.40. The van der Waals surface area contributed by atoms with Crippen LogP contribution < -0.4 is 0 Å². The van der Waals surface area contributed by atoms with Gasteiger partial charge in [0.15, 0.2) is 5.60 Å². The summed E-state index contributed by atoms with van der Waals surface area (Å²) in [4.78, 5) is 11.7. The number of carbonyl (C=O) groups excluding carboxylic acids is 1. The SMILES string of the molecule is CCOC(=O)[C@@]1(CCCCCCc2ccccc2)CO1. The Hall–Kier alpha value is -1.35. The first-order valence-electron chi connectivity index (χ1n) is 7.62. The van der Waals surface area contributed by atoms with Crippen LogP contribution in [0.15, 0.2) is 30.3 Å². The highest BCUT2D eigenvalue weighted by Gasteiger charge is 2.52. The summed E-state index contributed by atoms with van der Waals surface area (Å²) in [5.74, 6) is -0.177. The molecule has 0 spiro atoms. The highest BCUT2D eigenvalue weighted by molar-refractivity contribution is 5.82. The summed E-state index contributed by atoms with van der Waals surface area (Å²) in [6, 6.07) is 10.6. The van der Waals surface area contributed by atoms with E-state index in [0.717, 1.165) is 25.7 Å². The quantitative estimate of drug-likeness (QED) is 0.393. The zero-order chi connectivity index (χ0) is 14.3. The van der Waals surface area contributed by atoms with Gasteiger partial charge in [0.05, 0.1) is 13.2 Å². The Morgan fingerprint density at radius 2 is 1.90 bits per heavy atom. The highest BCUT2D eigenvalue weighted by Crippen LogP contribution is 2.34. The standard InChI is InChI=1S/C17H24O3/c1-2-19-16(18)17(14-20-17)13-9-4-3-6-10-15-11-7-5-8-12-15/h5,7-8,11-12H,2-4,6,9-10,13-14H2,1H3/t17-/m1/s1. The van der Waals surface area contributed by atoms with E-state index in [1.54, 1.807) is 0 Å². The van der Waals surface area contributed by atoms with Gasteiger partial charge in [-0.05, 0) is 38.2 Å². The summed E-state index contributed by atoms with van der Waals surface area (Å²) in [7, 11) is 0. The molecule has 0 unspecified atom stereocenters. The normalized spacial score (nSPS) is 20.6. The minimum absolute atomic E-state index is 0.177. The molecule has 0 aliphatic carbocycles. The Morgan fingerprint density at radius 1 is 1.20 bits per heavy atom. The van der Waals surface area contributed by atoms with Gasteiger partial charge in [-0.1, -0.05) is 43.2 Å². The van der Waals surface area contributed by atoms with Crippen molar-refractivity contribution in [3.8, 4) is 0 Å². The number of hydrogen-bond donors (Lipinski definition) is 0. The lowest BCUT2D eigenvalue weighted by Gasteiger charge is -2.10. The van der Waals surface area contributed by atoms with E-state index in [0.29, 0.717) is 13.2 Å². The molecule has 0 radical (unpaired) electrons. The zero-order valence-corrected chi connectivity index (χ0v) is 12.3. The Morgan fingerprint density at radius 3 is 2.55 bits per heavy atom. The van der Waals surface area contributed by atoms with Crippen molar-refractivity contribution in [3.05, 3.63) is 35.9 Å². The second-order valence-corrected chi connectivity index (χ2v) is 5.40. The molecule has 2 rings (SSSR count). The molecule has 1 aromatic carbocycles. The van der Waals surface area contributed by atoms with Crippen LogP contribution >= 0.6 is 0 Å². The van der Waals surface area contributed by atoms with Gasteiger partial charge in [-0.25, -0.2) is 4.79 Å². The van der Waals surface area contributed by atoms with Gasteiger partial charge in [0, 0.05) is 0 Å². The molecule has 0 amide bonds. The third kappa shape index (κ3) is 4.34. The van der Waals surface area contributed by atoms with E-state index < -0.39 is 5.60 Å². The van der Waals surface area contributed by atoms with Gasteiger partial charge in [-0.2, -0.15) is 0 Å². The first kappa shape index (κ1) is 15.0. The summed E-state index contributed by atoms with van der Waals surface area (Å²) >= 11 is 0. The molecule has 0 N–H and O–H groups in total. The Bertz CT molecular complexity index is 410. The number of benzene rings is 1. The van der Waals surface area contributed by atoms with Crippen LogP contribution in [0.2, 0.25) is 0 Å². The van der Waals surface area contributed by atoms with Crippen molar-refractivity contribution < 1.29 is 14.3 Å². The van der Waals surface area contributed by atoms with Crippen molar-refractivity contribution in [1.29, 1.82) is 0 Å². The van der Waals surface area contributed by atoms with Crippen molar-refractivity contribution >= 4 is 5.97 Å². The topological polar surface area (TPSA) is 38.8 Å². The molecule has 1 heterocycles. The molecule has 1 aliphatic rings. The predicted molar refractivity (Wildman–Crippen MR) is 78.5 cm³/mol. The highest BCUT2D eigenvalue weighted by atomic mass is 16.6. The molecular formula is C17H24O3. The zero-order valence-electron chi connectivity index (χ0n) is 12.3. The van der Waals surface area contributed by atoms with Crippen LogP contribution in [0.4, 0.5) is 0 Å². The van der Waals surface area contributed by atoms with Crippen LogP contribution in [0.25, 0.3) is 0 Å². The monoisotopic (exact) mass is 276 g/mol. The third-order valence-corrected chi connectivity index (χ3v) is 3.78. The molecule has 1 saturated heterocycles. The van der Waals surface area contributed by atoms with Gasteiger partial charge in [0.25, 0.3) is 0 Å². The summed E-state index contributed by atoms with van der Waals surface area (Å²) < 4.78 is 10.4. The Balaban J connectivity index is 1.55. The van der Waals surface area contributed by atoms with Crippen molar-refractivity contribution in [1.82, 2.24) is 0 Å². The molecule has 20 heavy (non-hydrogen) atoms. The van der Waals surface area contributed by atoms with Gasteiger partial charge in [0.2, 0.25) is 0 Å². The maximum absolute atomic E-state index is 11.7. The molecular weight excluding hydrogens is 252 g/mol.